The molecule has 3 N–H and O–H groups in total. The molecule has 1 aromatic heterocycles. The van der Waals surface area contributed by atoms with E-state index in [1.165, 1.54) is 29.6 Å². The number of halogens is 1. The maximum absolute atomic E-state index is 14.2. The van der Waals surface area contributed by atoms with Crippen LogP contribution in [0.5, 0.6) is 5.75 Å². The molecule has 2 fully saturated rings. The molecule has 0 unspecified atom stereocenters. The Bertz CT molecular complexity index is 1500. The number of aromatic carboxylic acids is 1. The number of rotatable bonds is 9. The van der Waals surface area contributed by atoms with Crippen LogP contribution in [-0.4, -0.2) is 78.8 Å². The van der Waals surface area contributed by atoms with E-state index in [9.17, 15) is 19.1 Å². The van der Waals surface area contributed by atoms with E-state index in [0.717, 1.165) is 37.9 Å². The smallest absolute Gasteiger partial charge is 0.335 e. The van der Waals surface area contributed by atoms with E-state index in [0.29, 0.717) is 47.4 Å². The Kier molecular flexibility index (Phi) is 8.50. The third-order valence-electron chi connectivity index (χ3n) is 7.20. The Labute approximate surface area is 242 Å². The van der Waals surface area contributed by atoms with Gasteiger partial charge in [0.05, 0.1) is 42.4 Å². The van der Waals surface area contributed by atoms with Crippen molar-refractivity contribution in [2.75, 3.05) is 67.5 Å². The van der Waals surface area contributed by atoms with Crippen LogP contribution in [-0.2, 0) is 9.63 Å². The van der Waals surface area contributed by atoms with Crippen LogP contribution in [0.1, 0.15) is 28.4 Å². The number of carbonyl (C=O) groups excluding carboxylic acids is 1. The topological polar surface area (TPSA) is 132 Å². The van der Waals surface area contributed by atoms with Crippen molar-refractivity contribution in [3.05, 3.63) is 72.3 Å². The number of aromatic nitrogens is 2. The first-order valence-electron chi connectivity index (χ1n) is 13.4. The SMILES string of the molecule is C=CC(=O)Nc1cc(Nc2cc(N3OCC[C@@H]3c3cc(F)cc(C(=O)O)c3)ncn2)c(OC)cc1N1CCN(C)CC1. The maximum atomic E-state index is 14.2. The van der Waals surface area contributed by atoms with Crippen LogP contribution in [0.15, 0.2) is 55.4 Å². The number of nitrogens with zero attached hydrogens (tertiary/aromatic N) is 5. The van der Waals surface area contributed by atoms with Crippen LogP contribution in [0.25, 0.3) is 0 Å². The summed E-state index contributed by atoms with van der Waals surface area (Å²) in [5.74, 6) is -0.863. The maximum Gasteiger partial charge on any atom is 0.335 e. The molecule has 2 aliphatic rings. The Morgan fingerprint density at radius 1 is 1.12 bits per heavy atom. The van der Waals surface area contributed by atoms with E-state index in [4.69, 9.17) is 9.57 Å². The number of likely N-dealkylation sites (N-methyl/N-ethyl adjacent to an activating group) is 1. The summed E-state index contributed by atoms with van der Waals surface area (Å²) in [6.45, 7) is 7.25. The highest BCUT2D eigenvalue weighted by Crippen LogP contribution is 2.40. The minimum absolute atomic E-state index is 0.145. The van der Waals surface area contributed by atoms with Crippen LogP contribution >= 0.6 is 0 Å². The van der Waals surface area contributed by atoms with Gasteiger partial charge in [0.15, 0.2) is 5.82 Å². The second kappa shape index (κ2) is 12.4. The third-order valence-corrected chi connectivity index (χ3v) is 7.20. The Morgan fingerprint density at radius 3 is 2.62 bits per heavy atom. The lowest BCUT2D eigenvalue weighted by molar-refractivity contribution is -0.111. The van der Waals surface area contributed by atoms with Crippen LogP contribution in [0.4, 0.5) is 33.1 Å². The quantitative estimate of drug-likeness (QED) is 0.321. The van der Waals surface area contributed by atoms with Crippen molar-refractivity contribution in [3.63, 3.8) is 0 Å². The van der Waals surface area contributed by atoms with Crippen molar-refractivity contribution in [1.82, 2.24) is 14.9 Å². The van der Waals surface area contributed by atoms with E-state index in [-0.39, 0.29) is 11.5 Å². The van der Waals surface area contributed by atoms with Gasteiger partial charge in [0, 0.05) is 44.7 Å². The van der Waals surface area contributed by atoms with Crippen molar-refractivity contribution in [2.24, 2.45) is 0 Å². The van der Waals surface area contributed by atoms with Crippen molar-refractivity contribution < 1.29 is 28.7 Å². The number of anilines is 5. The molecular weight excluding hydrogens is 545 g/mol. The monoisotopic (exact) mass is 577 g/mol. The van der Waals surface area contributed by atoms with Gasteiger partial charge in [-0.15, -0.1) is 0 Å². The molecule has 0 bridgehead atoms. The molecule has 3 aromatic rings. The van der Waals surface area contributed by atoms with Gasteiger partial charge in [-0.05, 0) is 43.0 Å². The first kappa shape index (κ1) is 28.8. The summed E-state index contributed by atoms with van der Waals surface area (Å²) in [5.41, 5.74) is 2.28. The van der Waals surface area contributed by atoms with Crippen molar-refractivity contribution in [1.29, 1.82) is 0 Å². The van der Waals surface area contributed by atoms with Gasteiger partial charge in [0.25, 0.3) is 0 Å². The summed E-state index contributed by atoms with van der Waals surface area (Å²) in [4.78, 5) is 42.7. The summed E-state index contributed by atoms with van der Waals surface area (Å²) in [7, 11) is 3.64. The second-order valence-corrected chi connectivity index (χ2v) is 9.98. The summed E-state index contributed by atoms with van der Waals surface area (Å²) in [6.07, 6.45) is 3.08. The highest BCUT2D eigenvalue weighted by molar-refractivity contribution is 6.02. The predicted octanol–water partition coefficient (Wildman–Crippen LogP) is 3.83. The fourth-order valence-electron chi connectivity index (χ4n) is 5.03. The van der Waals surface area contributed by atoms with Crippen LogP contribution in [0.2, 0.25) is 0 Å². The van der Waals surface area contributed by atoms with Crippen LogP contribution in [0, 0.1) is 5.82 Å². The molecule has 13 heteroatoms. The number of hydroxylamine groups is 1. The second-order valence-electron chi connectivity index (χ2n) is 9.98. The number of carbonyl (C=O) groups is 2. The Balaban J connectivity index is 1.44. The van der Waals surface area contributed by atoms with Gasteiger partial charge in [0.1, 0.15) is 23.7 Å². The van der Waals surface area contributed by atoms with E-state index < -0.39 is 17.8 Å². The predicted molar refractivity (Wildman–Crippen MR) is 156 cm³/mol. The molecule has 2 saturated heterocycles. The number of hydrogen-bond donors (Lipinski definition) is 3. The lowest BCUT2D eigenvalue weighted by Crippen LogP contribution is -2.44. The molecule has 0 saturated carbocycles. The average molecular weight is 578 g/mol. The molecule has 0 spiro atoms. The molecule has 5 rings (SSSR count). The van der Waals surface area contributed by atoms with E-state index >= 15 is 0 Å². The zero-order chi connectivity index (χ0) is 29.8. The minimum Gasteiger partial charge on any atom is -0.494 e. The standard InChI is InChI=1S/C29H32FN7O5/c1-4-28(38)34-21-14-22(25(41-3)15-24(21)36-8-6-35(2)7-9-36)33-26-16-27(32-17-31-26)37-23(5-10-42-37)18-11-19(29(39)40)13-20(30)12-18/h4,11-17,23H,1,5-10H2,2-3H3,(H,34,38)(H,39,40)(H,31,32,33)/t23-/m1/s1. The largest absolute Gasteiger partial charge is 0.494 e. The number of nitrogens with one attached hydrogen (secondary N) is 2. The van der Waals surface area contributed by atoms with Crippen LogP contribution in [0.3, 0.4) is 0 Å². The third kappa shape index (κ3) is 6.26. The van der Waals surface area contributed by atoms with E-state index in [1.807, 2.05) is 6.07 Å². The number of benzene rings is 2. The van der Waals surface area contributed by atoms with Gasteiger partial charge in [0.2, 0.25) is 5.91 Å². The molecule has 220 valence electrons. The van der Waals surface area contributed by atoms with Gasteiger partial charge in [-0.3, -0.25) is 9.63 Å². The fourth-order valence-corrected chi connectivity index (χ4v) is 5.03. The number of amides is 1. The fraction of sp³-hybridized carbons (Fsp3) is 0.310. The average Bonchev–Trinajstić information content (AvgIpc) is 3.48. The first-order valence-corrected chi connectivity index (χ1v) is 13.4. The Morgan fingerprint density at radius 2 is 1.90 bits per heavy atom. The number of carboxylic acid groups (broad SMARTS) is 1. The lowest BCUT2D eigenvalue weighted by Gasteiger charge is -2.35. The van der Waals surface area contributed by atoms with E-state index in [1.54, 1.807) is 19.2 Å². The molecule has 1 atom stereocenters. The van der Waals surface area contributed by atoms with Gasteiger partial charge in [-0.25, -0.2) is 24.2 Å². The van der Waals surface area contributed by atoms with Gasteiger partial charge in [-0.2, -0.15) is 0 Å². The minimum atomic E-state index is -1.22. The molecular formula is C29H32FN7O5. The van der Waals surface area contributed by atoms with E-state index in [2.05, 4.69) is 44.0 Å². The number of carboxylic acids is 1. The highest BCUT2D eigenvalue weighted by atomic mass is 19.1. The summed E-state index contributed by atoms with van der Waals surface area (Å²) in [5, 5.41) is 17.0. The summed E-state index contributed by atoms with van der Waals surface area (Å²) in [6, 6.07) is 8.57. The number of ether oxygens (including phenoxy) is 1. The first-order chi connectivity index (χ1) is 20.2. The van der Waals surface area contributed by atoms with Crippen LogP contribution < -0.4 is 25.3 Å². The molecule has 0 radical (unpaired) electrons. The highest BCUT2D eigenvalue weighted by Gasteiger charge is 2.30. The molecule has 2 aromatic carbocycles. The summed E-state index contributed by atoms with van der Waals surface area (Å²) >= 11 is 0. The van der Waals surface area contributed by atoms with Gasteiger partial charge >= 0.3 is 5.97 Å². The van der Waals surface area contributed by atoms with Crippen molar-refractivity contribution in [3.8, 4) is 5.75 Å². The zero-order valence-corrected chi connectivity index (χ0v) is 23.3. The zero-order valence-electron chi connectivity index (χ0n) is 23.3. The molecule has 3 heterocycles. The normalized spacial score (nSPS) is 17.2. The number of hydrogen-bond acceptors (Lipinski definition) is 10. The van der Waals surface area contributed by atoms with Gasteiger partial charge < -0.3 is 30.3 Å². The molecule has 2 aliphatic heterocycles. The molecule has 0 aliphatic carbocycles. The number of piperazine rings is 1. The van der Waals surface area contributed by atoms with Gasteiger partial charge in [-0.1, -0.05) is 6.58 Å². The molecule has 1 amide bonds. The van der Waals surface area contributed by atoms with Crippen molar-refractivity contribution in [2.45, 2.75) is 12.5 Å². The molecule has 42 heavy (non-hydrogen) atoms. The summed E-state index contributed by atoms with van der Waals surface area (Å²) < 4.78 is 19.9. The number of methoxy groups -OCH3 is 1. The Hall–Kier alpha value is -4.75. The van der Waals surface area contributed by atoms with Crippen molar-refractivity contribution >= 4 is 40.6 Å². The lowest BCUT2D eigenvalue weighted by atomic mass is 10.0. The molecule has 12 nitrogen and oxygen atoms in total.